The van der Waals surface area contributed by atoms with Crippen LogP contribution in [0.1, 0.15) is 51.9 Å². The maximum Gasteiger partial charge on any atom is 0.109 e. The zero-order valence-electron chi connectivity index (χ0n) is 8.97. The summed E-state index contributed by atoms with van der Waals surface area (Å²) in [5.41, 5.74) is -0.286. The van der Waals surface area contributed by atoms with E-state index in [1.807, 2.05) is 0 Å². The van der Waals surface area contributed by atoms with Crippen LogP contribution in [0.3, 0.4) is 0 Å². The molecule has 1 N–H and O–H groups in total. The van der Waals surface area contributed by atoms with Crippen molar-refractivity contribution in [3.05, 3.63) is 0 Å². The van der Waals surface area contributed by atoms with Crippen LogP contribution in [-0.4, -0.2) is 18.6 Å². The Kier molecular flexibility index (Phi) is 2.22. The van der Waals surface area contributed by atoms with E-state index in [0.29, 0.717) is 5.31 Å². The van der Waals surface area contributed by atoms with Crippen molar-refractivity contribution in [3.63, 3.8) is 0 Å². The Labute approximate surface area is 82.3 Å². The van der Waals surface area contributed by atoms with Crippen molar-refractivity contribution >= 4 is 7.85 Å². The van der Waals surface area contributed by atoms with Crippen molar-refractivity contribution < 1.29 is 5.11 Å². The molecule has 0 aromatic rings. The largest absolute Gasteiger partial charge is 0.390 e. The molecular formula is C11H21BO. The normalized spacial score (nSPS) is 50.5. The fraction of sp³-hybridized carbons (Fsp3) is 1.00. The molecule has 2 aliphatic carbocycles. The van der Waals surface area contributed by atoms with E-state index in [0.717, 1.165) is 25.2 Å². The van der Waals surface area contributed by atoms with Gasteiger partial charge in [-0.05, 0) is 25.2 Å². The van der Waals surface area contributed by atoms with E-state index in [1.165, 1.54) is 25.7 Å². The molecule has 0 spiro atoms. The molecule has 2 heteroatoms. The Morgan fingerprint density at radius 2 is 2.15 bits per heavy atom. The maximum absolute atomic E-state index is 10.4. The Morgan fingerprint density at radius 3 is 2.77 bits per heavy atom. The zero-order valence-corrected chi connectivity index (χ0v) is 8.97. The summed E-state index contributed by atoms with van der Waals surface area (Å²) in [6.45, 7) is 2.26. The lowest BCUT2D eigenvalue weighted by molar-refractivity contribution is -0.0619. The van der Waals surface area contributed by atoms with Gasteiger partial charge in [0.05, 0.1) is 5.60 Å². The van der Waals surface area contributed by atoms with Crippen LogP contribution in [-0.2, 0) is 0 Å². The number of hydrogen-bond donors (Lipinski definition) is 1. The van der Waals surface area contributed by atoms with E-state index in [4.69, 9.17) is 0 Å². The third-order valence-electron chi connectivity index (χ3n) is 4.21. The fourth-order valence-corrected chi connectivity index (χ4v) is 3.76. The first-order chi connectivity index (χ1) is 6.05. The number of rotatable bonds is 1. The van der Waals surface area contributed by atoms with Gasteiger partial charge < -0.3 is 5.11 Å². The SMILES string of the molecule is BC12CCCC(O)(CC(CC)C1)C2. The molecule has 0 heterocycles. The second-order valence-corrected chi connectivity index (χ2v) is 5.75. The number of fused-ring (bicyclic) bond motifs is 2. The van der Waals surface area contributed by atoms with Crippen molar-refractivity contribution in [2.45, 2.75) is 62.8 Å². The van der Waals surface area contributed by atoms with Crippen LogP contribution in [0.2, 0.25) is 5.31 Å². The molecule has 2 saturated carbocycles. The summed E-state index contributed by atoms with van der Waals surface area (Å²) in [7, 11) is 2.37. The molecule has 2 aliphatic rings. The zero-order chi connectivity index (χ0) is 9.53. The van der Waals surface area contributed by atoms with Gasteiger partial charge in [0.15, 0.2) is 0 Å². The van der Waals surface area contributed by atoms with Gasteiger partial charge in [-0.25, -0.2) is 0 Å². The molecule has 13 heavy (non-hydrogen) atoms. The van der Waals surface area contributed by atoms with E-state index in [2.05, 4.69) is 14.8 Å². The van der Waals surface area contributed by atoms with E-state index < -0.39 is 0 Å². The van der Waals surface area contributed by atoms with Gasteiger partial charge in [-0.3, -0.25) is 0 Å². The smallest absolute Gasteiger partial charge is 0.109 e. The Morgan fingerprint density at radius 1 is 1.38 bits per heavy atom. The monoisotopic (exact) mass is 180 g/mol. The Hall–Kier alpha value is 0.0249. The summed E-state index contributed by atoms with van der Waals surface area (Å²) < 4.78 is 0. The van der Waals surface area contributed by atoms with E-state index in [1.54, 1.807) is 0 Å². The van der Waals surface area contributed by atoms with Crippen LogP contribution in [0, 0.1) is 5.92 Å². The molecule has 2 rings (SSSR count). The van der Waals surface area contributed by atoms with E-state index >= 15 is 0 Å². The lowest BCUT2D eigenvalue weighted by atomic mass is 9.48. The molecule has 3 atom stereocenters. The lowest BCUT2D eigenvalue weighted by Gasteiger charge is -2.51. The second-order valence-electron chi connectivity index (χ2n) is 5.75. The lowest BCUT2D eigenvalue weighted by Crippen LogP contribution is -2.45. The summed E-state index contributed by atoms with van der Waals surface area (Å²) in [5.74, 6) is 0.782. The fourth-order valence-electron chi connectivity index (χ4n) is 3.76. The van der Waals surface area contributed by atoms with Gasteiger partial charge in [-0.1, -0.05) is 37.9 Å². The van der Waals surface area contributed by atoms with Gasteiger partial charge in [-0.2, -0.15) is 0 Å². The van der Waals surface area contributed by atoms with Crippen molar-refractivity contribution in [1.29, 1.82) is 0 Å². The molecule has 0 radical (unpaired) electrons. The second kappa shape index (κ2) is 3.01. The number of hydrogen-bond acceptors (Lipinski definition) is 1. The maximum atomic E-state index is 10.4. The predicted octanol–water partition coefficient (Wildman–Crippen LogP) is 1.90. The summed E-state index contributed by atoms with van der Waals surface area (Å²) in [6, 6.07) is 0. The van der Waals surface area contributed by atoms with Crippen LogP contribution in [0.4, 0.5) is 0 Å². The minimum Gasteiger partial charge on any atom is -0.390 e. The molecule has 0 aliphatic heterocycles. The third-order valence-corrected chi connectivity index (χ3v) is 4.21. The topological polar surface area (TPSA) is 20.2 Å². The molecule has 0 aromatic heterocycles. The van der Waals surface area contributed by atoms with Gasteiger partial charge in [0.2, 0.25) is 0 Å². The number of aliphatic hydroxyl groups is 1. The van der Waals surface area contributed by atoms with Crippen LogP contribution < -0.4 is 0 Å². The average molecular weight is 180 g/mol. The summed E-state index contributed by atoms with van der Waals surface area (Å²) in [5, 5.41) is 10.8. The molecule has 2 bridgehead atoms. The predicted molar refractivity (Wildman–Crippen MR) is 57.7 cm³/mol. The average Bonchev–Trinajstić information content (AvgIpc) is 2.00. The van der Waals surface area contributed by atoms with Gasteiger partial charge in [0, 0.05) is 0 Å². The first kappa shape index (κ1) is 9.58. The van der Waals surface area contributed by atoms with Gasteiger partial charge >= 0.3 is 0 Å². The molecule has 3 unspecified atom stereocenters. The van der Waals surface area contributed by atoms with Crippen molar-refractivity contribution in [2.75, 3.05) is 0 Å². The molecule has 0 aromatic carbocycles. The van der Waals surface area contributed by atoms with Crippen molar-refractivity contribution in [1.82, 2.24) is 0 Å². The highest BCUT2D eigenvalue weighted by Gasteiger charge is 2.46. The van der Waals surface area contributed by atoms with Gasteiger partial charge in [0.1, 0.15) is 7.85 Å². The van der Waals surface area contributed by atoms with Gasteiger partial charge in [-0.15, -0.1) is 0 Å². The molecule has 74 valence electrons. The van der Waals surface area contributed by atoms with Gasteiger partial charge in [0.25, 0.3) is 0 Å². The standard InChI is InChI=1S/C11H21BO/c1-2-9-6-10(12)4-3-5-11(13,7-9)8-10/h9,13H,2-8,12H2,1H3. The molecule has 0 amide bonds. The Balaban J connectivity index is 2.15. The molecular weight excluding hydrogens is 159 g/mol. The Bertz CT molecular complexity index is 188. The molecule has 2 fully saturated rings. The van der Waals surface area contributed by atoms with Crippen LogP contribution in [0.15, 0.2) is 0 Å². The highest BCUT2D eigenvalue weighted by atomic mass is 16.3. The molecule has 0 saturated heterocycles. The van der Waals surface area contributed by atoms with Crippen molar-refractivity contribution in [3.8, 4) is 0 Å². The van der Waals surface area contributed by atoms with Crippen LogP contribution in [0.25, 0.3) is 0 Å². The first-order valence-electron chi connectivity index (χ1n) is 5.78. The highest BCUT2D eigenvalue weighted by molar-refractivity contribution is 6.15. The van der Waals surface area contributed by atoms with E-state index in [9.17, 15) is 5.11 Å². The summed E-state index contributed by atoms with van der Waals surface area (Å²) in [6.07, 6.45) is 8.37. The minimum absolute atomic E-state index is 0.286. The van der Waals surface area contributed by atoms with Crippen LogP contribution in [0.5, 0.6) is 0 Å². The third kappa shape index (κ3) is 1.78. The van der Waals surface area contributed by atoms with E-state index in [-0.39, 0.29) is 5.60 Å². The van der Waals surface area contributed by atoms with Crippen molar-refractivity contribution in [2.24, 2.45) is 5.92 Å². The highest BCUT2D eigenvalue weighted by Crippen LogP contribution is 2.56. The summed E-state index contributed by atoms with van der Waals surface area (Å²) in [4.78, 5) is 0. The minimum atomic E-state index is -0.286. The molecule has 1 nitrogen and oxygen atoms in total. The van der Waals surface area contributed by atoms with Crippen LogP contribution >= 0.6 is 0 Å². The quantitative estimate of drug-likeness (QED) is 0.611. The first-order valence-corrected chi connectivity index (χ1v) is 5.78. The summed E-state index contributed by atoms with van der Waals surface area (Å²) >= 11 is 0.